The molecule has 1 amide bonds. The van der Waals surface area contributed by atoms with Crippen molar-refractivity contribution in [2.45, 2.75) is 13.5 Å². The van der Waals surface area contributed by atoms with Crippen molar-refractivity contribution in [2.24, 2.45) is 0 Å². The Balaban J connectivity index is 1.47. The lowest BCUT2D eigenvalue weighted by atomic mass is 10.1. The van der Waals surface area contributed by atoms with Crippen molar-refractivity contribution in [3.8, 4) is 11.1 Å². The molecule has 148 valence electrons. The van der Waals surface area contributed by atoms with Crippen molar-refractivity contribution in [3.05, 3.63) is 89.9 Å². The Labute approximate surface area is 171 Å². The number of aryl methyl sites for hydroxylation is 1. The van der Waals surface area contributed by atoms with Crippen LogP contribution in [0.3, 0.4) is 0 Å². The lowest BCUT2D eigenvalue weighted by Gasteiger charge is -2.08. The van der Waals surface area contributed by atoms with E-state index in [2.05, 4.69) is 20.3 Å². The summed E-state index contributed by atoms with van der Waals surface area (Å²) in [5, 5.41) is 3.88. The second-order valence-electron chi connectivity index (χ2n) is 7.10. The molecular weight excluding hydrogens is 381 g/mol. The SMILES string of the molecule is Cc1nc2cc(-c3ccnc4[nH]ccc34)ccn2c1C(=O)NCc1cccc(F)c1. The molecule has 2 N–H and O–H groups in total. The Bertz CT molecular complexity index is 1400. The molecule has 5 rings (SSSR count). The molecule has 0 fully saturated rings. The highest BCUT2D eigenvalue weighted by atomic mass is 19.1. The van der Waals surface area contributed by atoms with Gasteiger partial charge in [-0.25, -0.2) is 14.4 Å². The van der Waals surface area contributed by atoms with Crippen LogP contribution in [0.15, 0.2) is 67.1 Å². The summed E-state index contributed by atoms with van der Waals surface area (Å²) in [6, 6.07) is 14.0. The van der Waals surface area contributed by atoms with Crippen LogP contribution in [0.25, 0.3) is 27.8 Å². The van der Waals surface area contributed by atoms with Gasteiger partial charge in [-0.2, -0.15) is 0 Å². The third kappa shape index (κ3) is 3.10. The van der Waals surface area contributed by atoms with Crippen LogP contribution >= 0.6 is 0 Å². The highest BCUT2D eigenvalue weighted by molar-refractivity contribution is 5.96. The number of pyridine rings is 2. The monoisotopic (exact) mass is 399 g/mol. The summed E-state index contributed by atoms with van der Waals surface area (Å²) in [4.78, 5) is 24.8. The number of hydrogen-bond donors (Lipinski definition) is 2. The van der Waals surface area contributed by atoms with E-state index in [1.54, 1.807) is 29.7 Å². The van der Waals surface area contributed by atoms with E-state index in [0.29, 0.717) is 22.6 Å². The molecule has 0 atom stereocenters. The predicted octanol–water partition coefficient (Wildman–Crippen LogP) is 4.26. The standard InChI is InChI=1S/C23H18FN5O/c1-14-21(23(30)27-13-15-3-2-4-17(24)11-15)29-10-7-16(12-20(29)28-14)18-5-8-25-22-19(18)6-9-26-22/h2-12H,13H2,1H3,(H,25,26)(H,27,30). The largest absolute Gasteiger partial charge is 0.347 e. The maximum absolute atomic E-state index is 13.4. The normalized spacial score (nSPS) is 11.3. The van der Waals surface area contributed by atoms with Gasteiger partial charge >= 0.3 is 0 Å². The molecule has 0 saturated heterocycles. The first-order valence-electron chi connectivity index (χ1n) is 9.54. The average Bonchev–Trinajstić information content (AvgIpc) is 3.35. The first-order valence-corrected chi connectivity index (χ1v) is 9.54. The number of nitrogens with one attached hydrogen (secondary N) is 2. The van der Waals surface area contributed by atoms with E-state index in [0.717, 1.165) is 22.2 Å². The van der Waals surface area contributed by atoms with Gasteiger partial charge in [-0.15, -0.1) is 0 Å². The number of aromatic nitrogens is 4. The van der Waals surface area contributed by atoms with E-state index in [9.17, 15) is 9.18 Å². The molecule has 5 aromatic rings. The second kappa shape index (κ2) is 7.11. The Morgan fingerprint density at radius 1 is 1.20 bits per heavy atom. The molecule has 7 heteroatoms. The molecule has 1 aromatic carbocycles. The van der Waals surface area contributed by atoms with Crippen LogP contribution < -0.4 is 5.32 Å². The van der Waals surface area contributed by atoms with Gasteiger partial charge in [-0.05, 0) is 60.0 Å². The van der Waals surface area contributed by atoms with Gasteiger partial charge < -0.3 is 10.3 Å². The molecule has 0 spiro atoms. The maximum atomic E-state index is 13.4. The number of nitrogens with zero attached hydrogens (tertiary/aromatic N) is 3. The fourth-order valence-corrected chi connectivity index (χ4v) is 3.73. The highest BCUT2D eigenvalue weighted by Gasteiger charge is 2.17. The maximum Gasteiger partial charge on any atom is 0.270 e. The molecule has 30 heavy (non-hydrogen) atoms. The zero-order chi connectivity index (χ0) is 20.7. The summed E-state index contributed by atoms with van der Waals surface area (Å²) in [6.45, 7) is 2.05. The summed E-state index contributed by atoms with van der Waals surface area (Å²) in [6.07, 6.45) is 5.47. The molecular formula is C23H18FN5O. The lowest BCUT2D eigenvalue weighted by molar-refractivity contribution is 0.0944. The van der Waals surface area contributed by atoms with Crippen LogP contribution in [0, 0.1) is 12.7 Å². The van der Waals surface area contributed by atoms with Gasteiger partial charge in [-0.1, -0.05) is 12.1 Å². The van der Waals surface area contributed by atoms with E-state index < -0.39 is 0 Å². The van der Waals surface area contributed by atoms with Crippen molar-refractivity contribution in [3.63, 3.8) is 0 Å². The molecule has 0 aliphatic carbocycles. The van der Waals surface area contributed by atoms with Gasteiger partial charge in [0, 0.05) is 30.5 Å². The van der Waals surface area contributed by atoms with Gasteiger partial charge in [0.15, 0.2) is 0 Å². The van der Waals surface area contributed by atoms with Crippen LogP contribution in [0.2, 0.25) is 0 Å². The summed E-state index contributed by atoms with van der Waals surface area (Å²) in [5.41, 5.74) is 5.34. The minimum absolute atomic E-state index is 0.240. The number of amides is 1. The minimum atomic E-state index is -0.326. The fraction of sp³-hybridized carbons (Fsp3) is 0.0870. The number of aromatic amines is 1. The van der Waals surface area contributed by atoms with E-state index in [4.69, 9.17) is 0 Å². The van der Waals surface area contributed by atoms with Crippen molar-refractivity contribution < 1.29 is 9.18 Å². The summed E-state index contributed by atoms with van der Waals surface area (Å²) >= 11 is 0. The third-order valence-electron chi connectivity index (χ3n) is 5.13. The number of halogens is 1. The molecule has 0 unspecified atom stereocenters. The van der Waals surface area contributed by atoms with Gasteiger partial charge in [0.2, 0.25) is 0 Å². The number of imidazole rings is 1. The molecule has 4 heterocycles. The zero-order valence-electron chi connectivity index (χ0n) is 16.2. The number of fused-ring (bicyclic) bond motifs is 2. The van der Waals surface area contributed by atoms with Crippen molar-refractivity contribution >= 4 is 22.6 Å². The van der Waals surface area contributed by atoms with Crippen LogP contribution in [0.4, 0.5) is 4.39 Å². The first kappa shape index (κ1) is 18.1. The van der Waals surface area contributed by atoms with Crippen LogP contribution in [-0.4, -0.2) is 25.3 Å². The minimum Gasteiger partial charge on any atom is -0.347 e. The molecule has 0 aliphatic heterocycles. The quantitative estimate of drug-likeness (QED) is 0.474. The van der Waals surface area contributed by atoms with Gasteiger partial charge in [-0.3, -0.25) is 9.20 Å². The fourth-order valence-electron chi connectivity index (χ4n) is 3.73. The highest BCUT2D eigenvalue weighted by Crippen LogP contribution is 2.28. The van der Waals surface area contributed by atoms with Crippen molar-refractivity contribution in [2.75, 3.05) is 0 Å². The van der Waals surface area contributed by atoms with E-state index >= 15 is 0 Å². The van der Waals surface area contributed by atoms with Gasteiger partial charge in [0.05, 0.1) is 5.69 Å². The summed E-state index contributed by atoms with van der Waals surface area (Å²) < 4.78 is 15.1. The Hall–Kier alpha value is -4.00. The number of benzene rings is 1. The molecule has 4 aromatic heterocycles. The Kier molecular flexibility index (Phi) is 4.28. The predicted molar refractivity (Wildman–Crippen MR) is 113 cm³/mol. The second-order valence-corrected chi connectivity index (χ2v) is 7.10. The number of carbonyl (C=O) groups excluding carboxylic acids is 1. The van der Waals surface area contributed by atoms with Crippen LogP contribution in [-0.2, 0) is 6.54 Å². The zero-order valence-corrected chi connectivity index (χ0v) is 16.2. The van der Waals surface area contributed by atoms with E-state index in [-0.39, 0.29) is 18.3 Å². The molecule has 0 radical (unpaired) electrons. The smallest absolute Gasteiger partial charge is 0.270 e. The molecule has 0 aliphatic rings. The van der Waals surface area contributed by atoms with Crippen LogP contribution in [0.5, 0.6) is 0 Å². The summed E-state index contributed by atoms with van der Waals surface area (Å²) in [7, 11) is 0. The topological polar surface area (TPSA) is 75.1 Å². The molecule has 0 bridgehead atoms. The first-order chi connectivity index (χ1) is 14.6. The Morgan fingerprint density at radius 2 is 2.10 bits per heavy atom. The Morgan fingerprint density at radius 3 is 2.97 bits per heavy atom. The van der Waals surface area contributed by atoms with Crippen molar-refractivity contribution in [1.82, 2.24) is 24.7 Å². The molecule has 0 saturated carbocycles. The van der Waals surface area contributed by atoms with E-state index in [1.165, 1.54) is 12.1 Å². The number of carbonyl (C=O) groups is 1. The lowest BCUT2D eigenvalue weighted by Crippen LogP contribution is -2.25. The van der Waals surface area contributed by atoms with Crippen LogP contribution in [0.1, 0.15) is 21.7 Å². The van der Waals surface area contributed by atoms with Gasteiger partial charge in [0.1, 0.15) is 22.8 Å². The molecule has 6 nitrogen and oxygen atoms in total. The van der Waals surface area contributed by atoms with Crippen molar-refractivity contribution in [1.29, 1.82) is 0 Å². The number of H-pyrrole nitrogens is 1. The number of hydrogen-bond acceptors (Lipinski definition) is 3. The van der Waals surface area contributed by atoms with Gasteiger partial charge in [0.25, 0.3) is 5.91 Å². The summed E-state index contributed by atoms with van der Waals surface area (Å²) in [5.74, 6) is -0.582. The average molecular weight is 399 g/mol. The number of rotatable bonds is 4. The van der Waals surface area contributed by atoms with E-state index in [1.807, 2.05) is 36.7 Å². The third-order valence-corrected chi connectivity index (χ3v) is 5.13.